The highest BCUT2D eigenvalue weighted by molar-refractivity contribution is 7.13. The minimum absolute atomic E-state index is 0.00481. The summed E-state index contributed by atoms with van der Waals surface area (Å²) in [5.74, 6) is -0.157. The molecule has 3 heterocycles. The van der Waals surface area contributed by atoms with Crippen molar-refractivity contribution in [1.82, 2.24) is 25.0 Å². The lowest BCUT2D eigenvalue weighted by Crippen LogP contribution is -2.39. The van der Waals surface area contributed by atoms with Gasteiger partial charge in [0, 0.05) is 49.2 Å². The number of carbonyl (C=O) groups is 1. The predicted octanol–water partition coefficient (Wildman–Crippen LogP) is 3.67. The van der Waals surface area contributed by atoms with Crippen LogP contribution in [0.3, 0.4) is 0 Å². The molecule has 0 unspecified atom stereocenters. The summed E-state index contributed by atoms with van der Waals surface area (Å²) in [4.78, 5) is 20.0. The minimum atomic E-state index is -4.36. The molecular formula is C23H31F4N5O2S. The molecule has 4 rings (SSSR count). The quantitative estimate of drug-likeness (QED) is 0.541. The normalized spacial score (nSPS) is 21.4. The van der Waals surface area contributed by atoms with E-state index < -0.39 is 18.7 Å². The Balaban J connectivity index is 1.14. The number of nitrogens with zero attached hydrogens (tertiary/aromatic N) is 4. The largest absolute Gasteiger partial charge is 0.460 e. The van der Waals surface area contributed by atoms with Crippen LogP contribution in [0.1, 0.15) is 48.2 Å². The molecule has 1 aliphatic heterocycles. The molecule has 0 radical (unpaired) electrons. The van der Waals surface area contributed by atoms with Crippen LogP contribution in [0.15, 0.2) is 6.20 Å². The lowest BCUT2D eigenvalue weighted by atomic mass is 9.84. The third-order valence-electron chi connectivity index (χ3n) is 6.71. The Hall–Kier alpha value is -2.21. The Kier molecular flexibility index (Phi) is 8.31. The van der Waals surface area contributed by atoms with E-state index in [1.54, 1.807) is 7.05 Å². The SMILES string of the molecule is Cn1cc(CC(=O)N[C@H]2CC[C@H](CCN3CCc4nc(OCC(F)(F)F)sc4CC3)CC2)c(F)n1. The second-order valence-corrected chi connectivity index (χ2v) is 10.5. The van der Waals surface area contributed by atoms with Gasteiger partial charge in [-0.15, -0.1) is 5.10 Å². The van der Waals surface area contributed by atoms with Crippen LogP contribution < -0.4 is 10.1 Å². The lowest BCUT2D eigenvalue weighted by molar-refractivity contribution is -0.153. The maximum Gasteiger partial charge on any atom is 0.422 e. The molecule has 1 saturated carbocycles. The Bertz CT molecular complexity index is 975. The molecule has 2 aromatic heterocycles. The number of ether oxygens (including phenoxy) is 1. The predicted molar refractivity (Wildman–Crippen MR) is 123 cm³/mol. The van der Waals surface area contributed by atoms with E-state index in [4.69, 9.17) is 4.74 Å². The topological polar surface area (TPSA) is 72.3 Å². The number of aromatic nitrogens is 3. The first kappa shape index (κ1) is 25.9. The second kappa shape index (κ2) is 11.2. The third kappa shape index (κ3) is 7.63. The number of aryl methyl sites for hydroxylation is 1. The fourth-order valence-corrected chi connectivity index (χ4v) is 5.80. The van der Waals surface area contributed by atoms with Crippen molar-refractivity contribution in [2.45, 2.75) is 63.6 Å². The number of fused-ring (bicyclic) bond motifs is 1. The van der Waals surface area contributed by atoms with Crippen LogP contribution in [0.4, 0.5) is 17.6 Å². The van der Waals surface area contributed by atoms with Gasteiger partial charge in [0.05, 0.1) is 12.1 Å². The first-order valence-electron chi connectivity index (χ1n) is 12.0. The molecule has 0 atom stereocenters. The summed E-state index contributed by atoms with van der Waals surface area (Å²) >= 11 is 1.22. The zero-order valence-electron chi connectivity index (χ0n) is 19.7. The van der Waals surface area contributed by atoms with Gasteiger partial charge in [-0.25, -0.2) is 4.98 Å². The summed E-state index contributed by atoms with van der Waals surface area (Å²) in [6, 6.07) is 0.132. The molecule has 2 aromatic rings. The average molecular weight is 518 g/mol. The number of hydrogen-bond donors (Lipinski definition) is 1. The van der Waals surface area contributed by atoms with Gasteiger partial charge >= 0.3 is 6.18 Å². The number of rotatable bonds is 8. The van der Waals surface area contributed by atoms with Gasteiger partial charge in [-0.05, 0) is 51.0 Å². The standard InChI is InChI=1S/C23H31F4N5O2S/c1-31-13-16(21(24)30-31)12-20(33)28-17-4-2-15(3-5-17)6-9-32-10-7-18-19(8-11-32)35-22(29-18)34-14-23(25,26)27/h13,15,17H,2-12,14H2,1H3,(H,28,33)/t15-,17-. The molecule has 0 aromatic carbocycles. The number of nitrogens with one attached hydrogen (secondary N) is 1. The van der Waals surface area contributed by atoms with E-state index in [0.717, 1.165) is 75.2 Å². The molecule has 1 amide bonds. The smallest absolute Gasteiger partial charge is 0.422 e. The summed E-state index contributed by atoms with van der Waals surface area (Å²) in [6.45, 7) is 1.38. The number of halogens is 4. The lowest BCUT2D eigenvalue weighted by Gasteiger charge is -2.30. The first-order chi connectivity index (χ1) is 16.6. The summed E-state index contributed by atoms with van der Waals surface area (Å²) in [5.41, 5.74) is 1.17. The van der Waals surface area contributed by atoms with E-state index in [2.05, 4.69) is 20.3 Å². The van der Waals surface area contributed by atoms with Crippen LogP contribution in [0.25, 0.3) is 0 Å². The van der Waals surface area contributed by atoms with Crippen molar-refractivity contribution in [1.29, 1.82) is 0 Å². The van der Waals surface area contributed by atoms with Gasteiger partial charge < -0.3 is 15.0 Å². The fraction of sp³-hybridized carbons (Fsp3) is 0.696. The molecular weight excluding hydrogens is 486 g/mol. The zero-order chi connectivity index (χ0) is 25.0. The Morgan fingerprint density at radius 2 is 1.97 bits per heavy atom. The summed E-state index contributed by atoms with van der Waals surface area (Å²) in [5, 5.41) is 6.78. The molecule has 12 heteroatoms. The van der Waals surface area contributed by atoms with Crippen molar-refractivity contribution < 1.29 is 27.1 Å². The summed E-state index contributed by atoms with van der Waals surface area (Å²) in [7, 11) is 1.63. The number of alkyl halides is 3. The molecule has 194 valence electrons. The van der Waals surface area contributed by atoms with Gasteiger partial charge in [0.2, 0.25) is 11.9 Å². The van der Waals surface area contributed by atoms with Gasteiger partial charge in [-0.3, -0.25) is 9.48 Å². The van der Waals surface area contributed by atoms with Crippen molar-refractivity contribution in [3.63, 3.8) is 0 Å². The van der Waals surface area contributed by atoms with Crippen LogP contribution in [0, 0.1) is 11.9 Å². The fourth-order valence-electron chi connectivity index (χ4n) is 4.86. The third-order valence-corrected chi connectivity index (χ3v) is 7.78. The van der Waals surface area contributed by atoms with Gasteiger partial charge in [0.1, 0.15) is 0 Å². The van der Waals surface area contributed by atoms with E-state index in [1.807, 2.05) is 0 Å². The molecule has 1 N–H and O–H groups in total. The Morgan fingerprint density at radius 3 is 2.66 bits per heavy atom. The highest BCUT2D eigenvalue weighted by Crippen LogP contribution is 2.31. The van der Waals surface area contributed by atoms with Crippen molar-refractivity contribution in [3.8, 4) is 5.19 Å². The van der Waals surface area contributed by atoms with Gasteiger partial charge in [-0.2, -0.15) is 17.6 Å². The summed E-state index contributed by atoms with van der Waals surface area (Å²) in [6.07, 6.45) is 3.71. The van der Waals surface area contributed by atoms with Crippen LogP contribution in [-0.2, 0) is 31.1 Å². The zero-order valence-corrected chi connectivity index (χ0v) is 20.6. The molecule has 7 nitrogen and oxygen atoms in total. The van der Waals surface area contributed by atoms with Crippen molar-refractivity contribution in [3.05, 3.63) is 28.3 Å². The van der Waals surface area contributed by atoms with E-state index in [0.29, 0.717) is 11.5 Å². The van der Waals surface area contributed by atoms with Crippen LogP contribution in [0.2, 0.25) is 0 Å². The molecule has 1 aliphatic carbocycles. The van der Waals surface area contributed by atoms with E-state index in [1.165, 1.54) is 22.2 Å². The van der Waals surface area contributed by atoms with Crippen molar-refractivity contribution >= 4 is 17.2 Å². The monoisotopic (exact) mass is 517 g/mol. The van der Waals surface area contributed by atoms with E-state index >= 15 is 0 Å². The van der Waals surface area contributed by atoms with E-state index in [9.17, 15) is 22.4 Å². The van der Waals surface area contributed by atoms with Gasteiger partial charge in [0.15, 0.2) is 6.61 Å². The molecule has 1 fully saturated rings. The molecule has 0 saturated heterocycles. The van der Waals surface area contributed by atoms with Crippen LogP contribution in [0.5, 0.6) is 5.19 Å². The van der Waals surface area contributed by atoms with Crippen molar-refractivity contribution in [2.24, 2.45) is 13.0 Å². The highest BCUT2D eigenvalue weighted by atomic mass is 32.1. The highest BCUT2D eigenvalue weighted by Gasteiger charge is 2.30. The van der Waals surface area contributed by atoms with E-state index in [-0.39, 0.29) is 23.6 Å². The summed E-state index contributed by atoms with van der Waals surface area (Å²) < 4.78 is 56.9. The number of thiazole rings is 1. The number of amides is 1. The molecule has 0 spiro atoms. The Morgan fingerprint density at radius 1 is 1.23 bits per heavy atom. The molecule has 35 heavy (non-hydrogen) atoms. The first-order valence-corrected chi connectivity index (χ1v) is 12.8. The van der Waals surface area contributed by atoms with Crippen LogP contribution >= 0.6 is 11.3 Å². The number of hydrogen-bond acceptors (Lipinski definition) is 6. The maximum absolute atomic E-state index is 13.6. The van der Waals surface area contributed by atoms with Gasteiger partial charge in [0.25, 0.3) is 5.19 Å². The van der Waals surface area contributed by atoms with Crippen LogP contribution in [-0.4, -0.2) is 64.0 Å². The Labute approximate surface area is 205 Å². The van der Waals surface area contributed by atoms with Crippen molar-refractivity contribution in [2.75, 3.05) is 26.2 Å². The number of carbonyl (C=O) groups excluding carboxylic acids is 1. The van der Waals surface area contributed by atoms with Gasteiger partial charge in [-0.1, -0.05) is 11.3 Å². The second-order valence-electron chi connectivity index (χ2n) is 9.46. The molecule has 0 bridgehead atoms. The maximum atomic E-state index is 13.6. The minimum Gasteiger partial charge on any atom is -0.460 e. The average Bonchev–Trinajstić information content (AvgIpc) is 3.27. The molecule has 2 aliphatic rings.